The molecule has 0 saturated carbocycles. The number of hydrogen-bond acceptors (Lipinski definition) is 6. The fraction of sp³-hybridized carbons (Fsp3) is 0. The van der Waals surface area contributed by atoms with Gasteiger partial charge in [-0.25, -0.2) is 13.5 Å². The first kappa shape index (κ1) is 22.7. The van der Waals surface area contributed by atoms with Crippen molar-refractivity contribution in [3.63, 3.8) is 0 Å². The molecule has 0 amide bonds. The van der Waals surface area contributed by atoms with Crippen LogP contribution in [-0.2, 0) is 0 Å². The summed E-state index contributed by atoms with van der Waals surface area (Å²) in [5.41, 5.74) is 2.53. The average molecular weight is 517 g/mol. The highest BCUT2D eigenvalue weighted by Gasteiger charge is 2.20. The van der Waals surface area contributed by atoms with Crippen molar-refractivity contribution in [3.8, 4) is 51.6 Å². The monoisotopic (exact) mass is 516 g/mol. The van der Waals surface area contributed by atoms with Crippen LogP contribution in [0.5, 0.6) is 11.5 Å². The van der Waals surface area contributed by atoms with E-state index in [1.54, 1.807) is 59.5 Å². The summed E-state index contributed by atoms with van der Waals surface area (Å²) >= 11 is 6.19. The Morgan fingerprint density at radius 1 is 0.838 bits per heavy atom. The molecular weight excluding hydrogens is 502 g/mol. The molecule has 0 radical (unpaired) electrons. The van der Waals surface area contributed by atoms with Gasteiger partial charge in [0, 0.05) is 22.7 Å². The van der Waals surface area contributed by atoms with Gasteiger partial charge in [-0.2, -0.15) is 10.1 Å². The molecule has 6 aromatic rings. The van der Waals surface area contributed by atoms with E-state index in [0.717, 1.165) is 17.8 Å². The number of nitrogens with zero attached hydrogens (tertiary/aromatic N) is 4. The summed E-state index contributed by atoms with van der Waals surface area (Å²) in [5, 5.41) is 9.29. The molecule has 3 heterocycles. The van der Waals surface area contributed by atoms with Gasteiger partial charge in [-0.3, -0.25) is 0 Å². The lowest BCUT2D eigenvalue weighted by molar-refractivity contribution is 0.430. The molecule has 10 heteroatoms. The smallest absolute Gasteiger partial charge is 0.278 e. The largest absolute Gasteiger partial charge is 0.463 e. The normalized spacial score (nSPS) is 11.1. The topological polar surface area (TPSA) is 79.1 Å². The zero-order valence-electron chi connectivity index (χ0n) is 18.8. The standard InChI is InChI=1S/C27H15ClF2N4O3/c28-17-3-1-4-18(13-17)34-24(25-5-2-12-35-25)15-23(32-34)27-31-26(33-37-27)16-6-8-19(9-7-16)36-20-10-11-21(29)22(30)14-20/h1-15H. The zero-order valence-corrected chi connectivity index (χ0v) is 19.6. The minimum absolute atomic E-state index is 0.177. The predicted molar refractivity (Wildman–Crippen MR) is 131 cm³/mol. The van der Waals surface area contributed by atoms with Crippen LogP contribution in [0.4, 0.5) is 8.78 Å². The van der Waals surface area contributed by atoms with E-state index in [1.807, 2.05) is 18.2 Å². The molecular formula is C27H15ClF2N4O3. The van der Waals surface area contributed by atoms with Crippen molar-refractivity contribution in [2.45, 2.75) is 0 Å². The van der Waals surface area contributed by atoms with Gasteiger partial charge < -0.3 is 13.7 Å². The quantitative estimate of drug-likeness (QED) is 0.227. The van der Waals surface area contributed by atoms with E-state index in [2.05, 4.69) is 15.2 Å². The van der Waals surface area contributed by atoms with Crippen molar-refractivity contribution >= 4 is 11.6 Å². The van der Waals surface area contributed by atoms with Crippen LogP contribution in [0.3, 0.4) is 0 Å². The molecule has 6 rings (SSSR count). The van der Waals surface area contributed by atoms with E-state index in [-0.39, 0.29) is 11.6 Å². The maximum absolute atomic E-state index is 13.4. The molecule has 0 spiro atoms. The molecule has 0 N–H and O–H groups in total. The lowest BCUT2D eigenvalue weighted by Gasteiger charge is -2.06. The fourth-order valence-corrected chi connectivity index (χ4v) is 3.87. The van der Waals surface area contributed by atoms with E-state index < -0.39 is 11.6 Å². The molecule has 37 heavy (non-hydrogen) atoms. The Labute approximate surface area is 213 Å². The third-order valence-corrected chi connectivity index (χ3v) is 5.66. The van der Waals surface area contributed by atoms with Crippen molar-refractivity contribution < 1.29 is 22.5 Å². The number of aromatic nitrogens is 4. The van der Waals surface area contributed by atoms with Crippen molar-refractivity contribution in [1.82, 2.24) is 19.9 Å². The molecule has 0 fully saturated rings. The maximum Gasteiger partial charge on any atom is 0.278 e. The summed E-state index contributed by atoms with van der Waals surface area (Å²) in [5.74, 6) is -0.157. The molecule has 182 valence electrons. The molecule has 0 atom stereocenters. The highest BCUT2D eigenvalue weighted by molar-refractivity contribution is 6.30. The highest BCUT2D eigenvalue weighted by Crippen LogP contribution is 2.31. The van der Waals surface area contributed by atoms with Gasteiger partial charge >= 0.3 is 0 Å². The first-order valence-corrected chi connectivity index (χ1v) is 11.4. The molecule has 0 aliphatic rings. The van der Waals surface area contributed by atoms with E-state index >= 15 is 0 Å². The van der Waals surface area contributed by atoms with Crippen LogP contribution in [0, 0.1) is 11.6 Å². The lowest BCUT2D eigenvalue weighted by atomic mass is 10.2. The summed E-state index contributed by atoms with van der Waals surface area (Å²) in [6, 6.07) is 22.8. The summed E-state index contributed by atoms with van der Waals surface area (Å²) in [7, 11) is 0. The van der Waals surface area contributed by atoms with Crippen LogP contribution in [0.25, 0.3) is 40.1 Å². The van der Waals surface area contributed by atoms with E-state index in [1.165, 1.54) is 6.07 Å². The summed E-state index contributed by atoms with van der Waals surface area (Å²) < 4.78 is 44.9. The van der Waals surface area contributed by atoms with Gasteiger partial charge in [-0.1, -0.05) is 22.8 Å². The second-order valence-electron chi connectivity index (χ2n) is 7.91. The predicted octanol–water partition coefficient (Wildman–Crippen LogP) is 7.57. The third-order valence-electron chi connectivity index (χ3n) is 5.42. The number of furan rings is 1. The van der Waals surface area contributed by atoms with Crippen molar-refractivity contribution in [1.29, 1.82) is 0 Å². The van der Waals surface area contributed by atoms with Gasteiger partial charge in [0.25, 0.3) is 5.89 Å². The van der Waals surface area contributed by atoms with Crippen LogP contribution in [0.1, 0.15) is 0 Å². The van der Waals surface area contributed by atoms with Gasteiger partial charge in [-0.15, -0.1) is 0 Å². The summed E-state index contributed by atoms with van der Waals surface area (Å²) in [6.07, 6.45) is 1.58. The zero-order chi connectivity index (χ0) is 25.4. The fourth-order valence-electron chi connectivity index (χ4n) is 3.68. The van der Waals surface area contributed by atoms with Crippen LogP contribution in [0.15, 0.2) is 100 Å². The first-order chi connectivity index (χ1) is 18.0. The van der Waals surface area contributed by atoms with Crippen LogP contribution < -0.4 is 4.74 Å². The van der Waals surface area contributed by atoms with Gasteiger partial charge in [0.1, 0.15) is 17.2 Å². The molecule has 0 unspecified atom stereocenters. The number of hydrogen-bond donors (Lipinski definition) is 0. The molecule has 3 aromatic carbocycles. The Hall–Kier alpha value is -4.76. The van der Waals surface area contributed by atoms with Gasteiger partial charge in [0.15, 0.2) is 23.1 Å². The average Bonchev–Trinajstić information content (AvgIpc) is 3.67. The lowest BCUT2D eigenvalue weighted by Crippen LogP contribution is -1.98. The number of halogens is 3. The number of benzene rings is 3. The third kappa shape index (κ3) is 4.60. The van der Waals surface area contributed by atoms with Gasteiger partial charge in [0.05, 0.1) is 12.0 Å². The van der Waals surface area contributed by atoms with E-state index in [4.69, 9.17) is 25.3 Å². The van der Waals surface area contributed by atoms with Crippen molar-refractivity contribution in [2.24, 2.45) is 0 Å². The Morgan fingerprint density at radius 3 is 2.43 bits per heavy atom. The van der Waals surface area contributed by atoms with E-state index in [0.29, 0.717) is 39.3 Å². The molecule has 0 aliphatic heterocycles. The Kier molecular flexibility index (Phi) is 5.74. The Balaban J connectivity index is 1.28. The second-order valence-corrected chi connectivity index (χ2v) is 8.35. The molecule has 0 bridgehead atoms. The number of ether oxygens (including phenoxy) is 1. The first-order valence-electron chi connectivity index (χ1n) is 11.0. The van der Waals surface area contributed by atoms with Gasteiger partial charge in [0.2, 0.25) is 5.82 Å². The summed E-state index contributed by atoms with van der Waals surface area (Å²) in [4.78, 5) is 4.49. The van der Waals surface area contributed by atoms with E-state index in [9.17, 15) is 8.78 Å². The van der Waals surface area contributed by atoms with Gasteiger partial charge in [-0.05, 0) is 66.7 Å². The van der Waals surface area contributed by atoms with Crippen LogP contribution >= 0.6 is 11.6 Å². The van der Waals surface area contributed by atoms with Crippen LogP contribution in [-0.4, -0.2) is 19.9 Å². The molecule has 0 aliphatic carbocycles. The Morgan fingerprint density at radius 2 is 1.68 bits per heavy atom. The van der Waals surface area contributed by atoms with Crippen molar-refractivity contribution in [2.75, 3.05) is 0 Å². The van der Waals surface area contributed by atoms with Crippen molar-refractivity contribution in [3.05, 3.63) is 108 Å². The SMILES string of the molecule is Fc1ccc(Oc2ccc(-c3noc(-c4cc(-c5ccco5)n(-c5cccc(Cl)c5)n4)n3)cc2)cc1F. The molecule has 7 nitrogen and oxygen atoms in total. The Bertz CT molecular complexity index is 1700. The highest BCUT2D eigenvalue weighted by atomic mass is 35.5. The van der Waals surface area contributed by atoms with Crippen LogP contribution in [0.2, 0.25) is 5.02 Å². The second kappa shape index (κ2) is 9.36. The minimum atomic E-state index is -0.985. The number of rotatable bonds is 6. The summed E-state index contributed by atoms with van der Waals surface area (Å²) in [6.45, 7) is 0. The molecule has 0 saturated heterocycles. The minimum Gasteiger partial charge on any atom is -0.463 e. The molecule has 3 aromatic heterocycles. The maximum atomic E-state index is 13.4.